The van der Waals surface area contributed by atoms with Crippen LogP contribution in [0.25, 0.3) is 0 Å². The van der Waals surface area contributed by atoms with E-state index < -0.39 is 0 Å². The molecular weight excluding hydrogens is 270 g/mol. The Morgan fingerprint density at radius 3 is 2.95 bits per heavy atom. The summed E-state index contributed by atoms with van der Waals surface area (Å²) in [6.45, 7) is 0.407. The van der Waals surface area contributed by atoms with Crippen molar-refractivity contribution in [3.63, 3.8) is 0 Å². The predicted molar refractivity (Wildman–Crippen MR) is 73.0 cm³/mol. The van der Waals surface area contributed by atoms with Crippen LogP contribution in [0.5, 0.6) is 5.75 Å². The van der Waals surface area contributed by atoms with Gasteiger partial charge >= 0.3 is 0 Å². The maximum Gasteiger partial charge on any atom is 0.255 e. The summed E-state index contributed by atoms with van der Waals surface area (Å²) in [5.41, 5.74) is 5.69. The molecule has 7 heteroatoms. The monoisotopic (exact) mass is 285 g/mol. The largest absolute Gasteiger partial charge is 0.496 e. The Labute approximate surface area is 116 Å². The van der Waals surface area contributed by atoms with Gasteiger partial charge in [-0.2, -0.15) is 0 Å². The number of ether oxygens (including phenoxy) is 1. The summed E-state index contributed by atoms with van der Waals surface area (Å²) in [4.78, 5) is 11.9. The lowest BCUT2D eigenvalue weighted by atomic mass is 10.2. The van der Waals surface area contributed by atoms with Crippen molar-refractivity contribution in [1.82, 2.24) is 5.32 Å². The molecule has 1 aromatic rings. The zero-order valence-corrected chi connectivity index (χ0v) is 11.3. The molecule has 0 saturated carbocycles. The molecule has 0 aromatic heterocycles. The van der Waals surface area contributed by atoms with Crippen molar-refractivity contribution >= 4 is 23.3 Å². The van der Waals surface area contributed by atoms with E-state index in [2.05, 4.69) is 10.5 Å². The summed E-state index contributed by atoms with van der Waals surface area (Å²) in [6, 6.07) is 4.82. The summed E-state index contributed by atoms with van der Waals surface area (Å²) in [6.07, 6.45) is 0.980. The van der Waals surface area contributed by atoms with Gasteiger partial charge < -0.3 is 21.0 Å². The van der Waals surface area contributed by atoms with Crippen LogP contribution in [-0.4, -0.2) is 30.6 Å². The average Bonchev–Trinajstić information content (AvgIpc) is 2.42. The maximum atomic E-state index is 11.9. The van der Waals surface area contributed by atoms with Gasteiger partial charge in [0.05, 0.1) is 12.7 Å². The van der Waals surface area contributed by atoms with E-state index in [4.69, 9.17) is 27.3 Å². The molecule has 0 saturated heterocycles. The van der Waals surface area contributed by atoms with Gasteiger partial charge in [-0.25, -0.2) is 0 Å². The Kier molecular flexibility index (Phi) is 5.95. The number of hydrogen-bond donors (Lipinski definition) is 3. The third kappa shape index (κ3) is 4.67. The quantitative estimate of drug-likeness (QED) is 0.243. The van der Waals surface area contributed by atoms with E-state index >= 15 is 0 Å². The van der Waals surface area contributed by atoms with Gasteiger partial charge in [0.1, 0.15) is 11.6 Å². The first-order valence-corrected chi connectivity index (χ1v) is 6.04. The highest BCUT2D eigenvalue weighted by atomic mass is 35.5. The number of nitrogens with two attached hydrogens (primary N) is 1. The molecule has 1 aromatic carbocycles. The molecule has 0 atom stereocenters. The lowest BCUT2D eigenvalue weighted by Gasteiger charge is -2.09. The fraction of sp³-hybridized carbons (Fsp3) is 0.333. The first kappa shape index (κ1) is 15.1. The van der Waals surface area contributed by atoms with Crippen molar-refractivity contribution in [3.8, 4) is 5.75 Å². The van der Waals surface area contributed by atoms with Crippen molar-refractivity contribution in [2.75, 3.05) is 13.7 Å². The lowest BCUT2D eigenvalue weighted by Crippen LogP contribution is -2.26. The van der Waals surface area contributed by atoms with E-state index in [0.29, 0.717) is 35.7 Å². The van der Waals surface area contributed by atoms with Crippen LogP contribution in [0.4, 0.5) is 0 Å². The molecule has 0 unspecified atom stereocenters. The van der Waals surface area contributed by atoms with Crippen LogP contribution in [-0.2, 0) is 0 Å². The van der Waals surface area contributed by atoms with E-state index in [0.717, 1.165) is 0 Å². The topological polar surface area (TPSA) is 96.9 Å². The summed E-state index contributed by atoms with van der Waals surface area (Å²) < 4.78 is 5.09. The molecule has 0 spiro atoms. The Balaban J connectivity index is 2.56. The molecule has 0 fully saturated rings. The van der Waals surface area contributed by atoms with Crippen LogP contribution < -0.4 is 15.8 Å². The van der Waals surface area contributed by atoms with Crippen LogP contribution in [0, 0.1) is 0 Å². The highest BCUT2D eigenvalue weighted by Gasteiger charge is 2.12. The Bertz CT molecular complexity index is 477. The van der Waals surface area contributed by atoms with Crippen molar-refractivity contribution in [3.05, 3.63) is 28.8 Å². The number of rotatable bonds is 6. The van der Waals surface area contributed by atoms with Crippen LogP contribution in [0.1, 0.15) is 23.2 Å². The minimum atomic E-state index is -0.279. The molecule has 19 heavy (non-hydrogen) atoms. The fourth-order valence-corrected chi connectivity index (χ4v) is 1.65. The van der Waals surface area contributed by atoms with Gasteiger partial charge in [-0.1, -0.05) is 16.8 Å². The van der Waals surface area contributed by atoms with Gasteiger partial charge in [0.15, 0.2) is 0 Å². The molecule has 0 aliphatic rings. The number of amides is 1. The number of halogens is 1. The zero-order chi connectivity index (χ0) is 14.3. The molecule has 4 N–H and O–H groups in total. The first-order valence-electron chi connectivity index (χ1n) is 5.66. The average molecular weight is 286 g/mol. The van der Waals surface area contributed by atoms with E-state index in [1.807, 2.05) is 0 Å². The molecule has 0 aliphatic heterocycles. The van der Waals surface area contributed by atoms with Crippen LogP contribution >= 0.6 is 11.6 Å². The number of nitrogens with zero attached hydrogens (tertiary/aromatic N) is 1. The summed E-state index contributed by atoms with van der Waals surface area (Å²) >= 11 is 5.84. The number of oxime groups is 1. The van der Waals surface area contributed by atoms with Gasteiger partial charge in [-0.15, -0.1) is 0 Å². The maximum absolute atomic E-state index is 11.9. The number of nitrogens with one attached hydrogen (secondary N) is 1. The van der Waals surface area contributed by atoms with Gasteiger partial charge in [0.25, 0.3) is 5.91 Å². The standard InChI is InChI=1S/C12H16ClN3O3/c1-19-10-5-4-8(13)7-9(10)12(17)15-6-2-3-11(14)16-18/h4-5,7,18H,2-3,6H2,1H3,(H2,14,16)(H,15,17). The number of carbonyl (C=O) groups excluding carboxylic acids is 1. The van der Waals surface area contributed by atoms with E-state index in [9.17, 15) is 4.79 Å². The first-order chi connectivity index (χ1) is 9.08. The van der Waals surface area contributed by atoms with Crippen molar-refractivity contribution in [2.24, 2.45) is 10.9 Å². The van der Waals surface area contributed by atoms with Crippen LogP contribution in [0.3, 0.4) is 0 Å². The minimum absolute atomic E-state index is 0.134. The lowest BCUT2D eigenvalue weighted by molar-refractivity contribution is 0.0950. The van der Waals surface area contributed by atoms with Crippen molar-refractivity contribution in [2.45, 2.75) is 12.8 Å². The summed E-state index contributed by atoms with van der Waals surface area (Å²) in [7, 11) is 1.48. The summed E-state index contributed by atoms with van der Waals surface area (Å²) in [5.74, 6) is 0.312. The Morgan fingerprint density at radius 2 is 2.32 bits per heavy atom. The second-order valence-electron chi connectivity index (χ2n) is 3.80. The van der Waals surface area contributed by atoms with Crippen LogP contribution in [0.15, 0.2) is 23.4 Å². The molecule has 104 valence electrons. The molecule has 0 heterocycles. The van der Waals surface area contributed by atoms with Gasteiger partial charge in [-0.3, -0.25) is 4.79 Å². The van der Waals surface area contributed by atoms with E-state index in [1.165, 1.54) is 7.11 Å². The molecule has 6 nitrogen and oxygen atoms in total. The van der Waals surface area contributed by atoms with Gasteiger partial charge in [0, 0.05) is 18.0 Å². The number of benzene rings is 1. The predicted octanol–water partition coefficient (Wildman–Crippen LogP) is 1.60. The van der Waals surface area contributed by atoms with Gasteiger partial charge in [-0.05, 0) is 24.6 Å². The molecule has 0 aliphatic carbocycles. The Hall–Kier alpha value is -1.95. The van der Waals surface area contributed by atoms with Gasteiger partial charge in [0.2, 0.25) is 0 Å². The smallest absolute Gasteiger partial charge is 0.255 e. The molecular formula is C12H16ClN3O3. The number of amidine groups is 1. The second kappa shape index (κ2) is 7.48. The molecule has 0 radical (unpaired) electrons. The van der Waals surface area contributed by atoms with Crippen molar-refractivity contribution in [1.29, 1.82) is 0 Å². The molecule has 0 bridgehead atoms. The normalized spacial score (nSPS) is 11.2. The summed E-state index contributed by atoms with van der Waals surface area (Å²) in [5, 5.41) is 14.4. The molecule has 1 amide bonds. The van der Waals surface area contributed by atoms with Crippen LogP contribution in [0.2, 0.25) is 5.02 Å². The Morgan fingerprint density at radius 1 is 1.58 bits per heavy atom. The van der Waals surface area contributed by atoms with Crippen molar-refractivity contribution < 1.29 is 14.7 Å². The number of methoxy groups -OCH3 is 1. The molecule has 1 rings (SSSR count). The third-order valence-corrected chi connectivity index (χ3v) is 2.66. The zero-order valence-electron chi connectivity index (χ0n) is 10.5. The van der Waals surface area contributed by atoms with E-state index in [1.54, 1.807) is 18.2 Å². The van der Waals surface area contributed by atoms with E-state index in [-0.39, 0.29) is 11.7 Å². The third-order valence-electron chi connectivity index (χ3n) is 2.43. The number of carbonyl (C=O) groups is 1. The highest BCUT2D eigenvalue weighted by molar-refractivity contribution is 6.31. The highest BCUT2D eigenvalue weighted by Crippen LogP contribution is 2.22. The SMILES string of the molecule is COc1ccc(Cl)cc1C(=O)NCCC/C(N)=N/O. The fourth-order valence-electron chi connectivity index (χ4n) is 1.47. The minimum Gasteiger partial charge on any atom is -0.496 e. The second-order valence-corrected chi connectivity index (χ2v) is 4.23. The number of hydrogen-bond acceptors (Lipinski definition) is 4.